The van der Waals surface area contributed by atoms with Crippen molar-refractivity contribution in [3.8, 4) is 0 Å². The van der Waals surface area contributed by atoms with Crippen LogP contribution in [-0.4, -0.2) is 69.9 Å². The molecule has 50 heavy (non-hydrogen) atoms. The Labute approximate surface area is 316 Å². The van der Waals surface area contributed by atoms with E-state index in [-0.39, 0.29) is 0 Å². The summed E-state index contributed by atoms with van der Waals surface area (Å²) in [5.74, 6) is 0. The van der Waals surface area contributed by atoms with Crippen LogP contribution in [0.3, 0.4) is 0 Å². The monoisotopic (exact) mass is 738 g/mol. The first-order valence-electron chi connectivity index (χ1n) is 18.8. The molecule has 1 fully saturated rings. The second kappa shape index (κ2) is 22.5. The minimum atomic E-state index is 0.458. The van der Waals surface area contributed by atoms with Gasteiger partial charge in [0.1, 0.15) is 0 Å². The van der Waals surface area contributed by atoms with Crippen molar-refractivity contribution in [3.05, 3.63) is 144 Å². The summed E-state index contributed by atoms with van der Waals surface area (Å²) in [6.07, 6.45) is 4.54. The summed E-state index contributed by atoms with van der Waals surface area (Å²) in [6.45, 7) is 17.9. The molecule has 0 N–H and O–H groups in total. The molecule has 6 heteroatoms. The van der Waals surface area contributed by atoms with E-state index in [4.69, 9.17) is 0 Å². The Morgan fingerprint density at radius 2 is 0.560 bits per heavy atom. The number of hydrogen-bond acceptors (Lipinski definition) is 4. The van der Waals surface area contributed by atoms with E-state index in [0.29, 0.717) is 24.2 Å². The molecule has 0 spiro atoms. The SMILES string of the molecule is CCC1CN(Cc2ccccc2)C(CC)CN(Cc2ccccc2)C(CC)CN(Cc2ccccc2)C(CC)CN1Cc1ccccc1.[Cl][Co+]. The van der Waals surface area contributed by atoms with Crippen LogP contribution < -0.4 is 0 Å². The normalized spacial score (nSPS) is 21.8. The van der Waals surface area contributed by atoms with E-state index in [1.54, 1.807) is 0 Å². The van der Waals surface area contributed by atoms with Crippen LogP contribution in [0.15, 0.2) is 121 Å². The second-order valence-corrected chi connectivity index (χ2v) is 13.9. The summed E-state index contributed by atoms with van der Waals surface area (Å²) in [7, 11) is 4.33. The van der Waals surface area contributed by atoms with Gasteiger partial charge in [-0.3, -0.25) is 19.6 Å². The van der Waals surface area contributed by atoms with Gasteiger partial charge in [0.25, 0.3) is 0 Å². The molecule has 4 aromatic rings. The average molecular weight is 739 g/mol. The van der Waals surface area contributed by atoms with Gasteiger partial charge in [-0.1, -0.05) is 149 Å². The van der Waals surface area contributed by atoms with Gasteiger partial charge in [-0.25, -0.2) is 0 Å². The first-order valence-corrected chi connectivity index (χ1v) is 20.3. The summed E-state index contributed by atoms with van der Waals surface area (Å²) in [4.78, 5) is 11.4. The molecular weight excluding hydrogens is 679 g/mol. The van der Waals surface area contributed by atoms with E-state index >= 15 is 0 Å². The van der Waals surface area contributed by atoms with Crippen molar-refractivity contribution in [2.75, 3.05) is 26.2 Å². The number of benzene rings is 4. The van der Waals surface area contributed by atoms with Gasteiger partial charge in [-0.05, 0) is 47.9 Å². The van der Waals surface area contributed by atoms with Crippen LogP contribution in [0.4, 0.5) is 0 Å². The summed E-state index contributed by atoms with van der Waals surface area (Å²) in [5.41, 5.74) is 5.65. The van der Waals surface area contributed by atoms with Crippen molar-refractivity contribution in [3.63, 3.8) is 0 Å². The van der Waals surface area contributed by atoms with Gasteiger partial charge in [0.2, 0.25) is 0 Å². The maximum atomic E-state index is 4.33. The molecular formula is C44H60ClCoN4+. The molecule has 4 unspecified atom stereocenters. The molecule has 0 bridgehead atoms. The molecule has 0 aromatic heterocycles. The van der Waals surface area contributed by atoms with Crippen molar-refractivity contribution in [2.45, 2.75) is 104 Å². The molecule has 271 valence electrons. The molecule has 1 aliphatic rings. The number of hydrogen-bond donors (Lipinski definition) is 0. The van der Waals surface area contributed by atoms with Crippen LogP contribution in [0.25, 0.3) is 0 Å². The van der Waals surface area contributed by atoms with E-state index < -0.39 is 0 Å². The Balaban J connectivity index is 0.00000276. The Kier molecular flexibility index (Phi) is 18.1. The van der Waals surface area contributed by atoms with Crippen LogP contribution in [0, 0.1) is 0 Å². The fourth-order valence-electron chi connectivity index (χ4n) is 7.74. The fraction of sp³-hybridized carbons (Fsp3) is 0.455. The first kappa shape index (κ1) is 40.3. The van der Waals surface area contributed by atoms with Gasteiger partial charge in [0.15, 0.2) is 0 Å². The first-order chi connectivity index (χ1) is 24.6. The van der Waals surface area contributed by atoms with Gasteiger partial charge < -0.3 is 0 Å². The zero-order valence-corrected chi connectivity index (χ0v) is 32.6. The van der Waals surface area contributed by atoms with Crippen molar-refractivity contribution in [1.82, 2.24) is 19.6 Å². The molecule has 5 rings (SSSR count). The van der Waals surface area contributed by atoms with Crippen molar-refractivity contribution in [2.24, 2.45) is 0 Å². The second-order valence-electron chi connectivity index (χ2n) is 13.9. The predicted octanol–water partition coefficient (Wildman–Crippen LogP) is 9.81. The van der Waals surface area contributed by atoms with Crippen LogP contribution in [0.1, 0.15) is 75.6 Å². The molecule has 4 atom stereocenters. The zero-order valence-electron chi connectivity index (χ0n) is 30.8. The topological polar surface area (TPSA) is 13.0 Å². The zero-order chi connectivity index (χ0) is 35.6. The van der Waals surface area contributed by atoms with Gasteiger partial charge in [0.05, 0.1) is 0 Å². The summed E-state index contributed by atoms with van der Waals surface area (Å²) in [6, 6.07) is 46.6. The quantitative estimate of drug-likeness (QED) is 0.144. The van der Waals surface area contributed by atoms with E-state index in [0.717, 1.165) is 78.0 Å². The fourth-order valence-corrected chi connectivity index (χ4v) is 7.74. The van der Waals surface area contributed by atoms with E-state index in [9.17, 15) is 0 Å². The van der Waals surface area contributed by atoms with Crippen LogP contribution in [-0.2, 0) is 41.0 Å². The maximum absolute atomic E-state index is 4.33. The Morgan fingerprint density at radius 1 is 0.380 bits per heavy atom. The van der Waals surface area contributed by atoms with E-state index in [1.807, 2.05) is 0 Å². The summed E-state index contributed by atoms with van der Waals surface area (Å²) < 4.78 is 0. The third kappa shape index (κ3) is 12.3. The van der Waals surface area contributed by atoms with Crippen LogP contribution >= 0.6 is 10.1 Å². The van der Waals surface area contributed by atoms with Gasteiger partial charge in [-0.15, -0.1) is 0 Å². The number of halogens is 1. The molecule has 1 heterocycles. The van der Waals surface area contributed by atoms with E-state index in [2.05, 4.69) is 194 Å². The van der Waals surface area contributed by atoms with Crippen molar-refractivity contribution < 1.29 is 14.8 Å². The predicted molar refractivity (Wildman–Crippen MR) is 210 cm³/mol. The van der Waals surface area contributed by atoms with Crippen molar-refractivity contribution >= 4 is 10.1 Å². The van der Waals surface area contributed by atoms with Gasteiger partial charge >= 0.3 is 25.0 Å². The molecule has 0 amide bonds. The molecule has 0 aliphatic carbocycles. The molecule has 4 aromatic carbocycles. The molecule has 0 saturated carbocycles. The average Bonchev–Trinajstić information content (AvgIpc) is 3.17. The minimum absolute atomic E-state index is 0.458. The molecule has 4 nitrogen and oxygen atoms in total. The van der Waals surface area contributed by atoms with Gasteiger partial charge in [-0.2, -0.15) is 0 Å². The Bertz CT molecular complexity index is 1210. The number of nitrogens with zero attached hydrogens (tertiary/aromatic N) is 4. The number of rotatable bonds is 12. The van der Waals surface area contributed by atoms with Crippen LogP contribution in [0.5, 0.6) is 0 Å². The van der Waals surface area contributed by atoms with E-state index in [1.165, 1.54) is 22.3 Å². The third-order valence-electron chi connectivity index (χ3n) is 10.6. The summed E-state index contributed by atoms with van der Waals surface area (Å²) in [5, 5.41) is 0. The van der Waals surface area contributed by atoms with Crippen LogP contribution in [0.2, 0.25) is 0 Å². The summed E-state index contributed by atoms with van der Waals surface area (Å²) >= 11 is 3.03. The van der Waals surface area contributed by atoms with Crippen molar-refractivity contribution in [1.29, 1.82) is 0 Å². The Morgan fingerprint density at radius 3 is 0.720 bits per heavy atom. The van der Waals surface area contributed by atoms with Gasteiger partial charge in [0, 0.05) is 76.5 Å². The molecule has 1 aliphatic heterocycles. The Hall–Kier alpha value is -2.48. The molecule has 0 radical (unpaired) electrons. The molecule has 1 saturated heterocycles. The standard InChI is InChI=1S/C44H60N4.ClH.Co/c1-5-41-33-46(30-38-23-15-10-16-24-38)43(7-3)35-48(32-40-27-19-12-20-28-40)44(8-4)36-47(31-39-25-17-11-18-26-39)42(6-2)34-45(41)29-37-21-13-9-14-22-37;;/h9-28,41-44H,5-8,29-36H2,1-4H3;1H;/q;;+2/p-1. The third-order valence-corrected chi connectivity index (χ3v) is 10.6.